The number of aryl methyl sites for hydroxylation is 1. The van der Waals surface area contributed by atoms with Crippen molar-refractivity contribution >= 4 is 17.7 Å². The number of benzene rings is 1. The van der Waals surface area contributed by atoms with Gasteiger partial charge in [-0.25, -0.2) is 29.1 Å². The number of carbonyl (C=O) groups is 2. The van der Waals surface area contributed by atoms with Gasteiger partial charge < -0.3 is 19.7 Å². The lowest BCUT2D eigenvalue weighted by atomic mass is 10.1. The molecule has 1 saturated carbocycles. The molecule has 13 nitrogen and oxygen atoms in total. The number of hydrogen-bond acceptors (Lipinski definition) is 9. The Morgan fingerprint density at radius 2 is 1.78 bits per heavy atom. The van der Waals surface area contributed by atoms with E-state index in [9.17, 15) is 19.2 Å². The van der Waals surface area contributed by atoms with Gasteiger partial charge in [0.05, 0.1) is 12.2 Å². The van der Waals surface area contributed by atoms with Crippen LogP contribution in [0.1, 0.15) is 60.8 Å². The van der Waals surface area contributed by atoms with Crippen LogP contribution in [0.15, 0.2) is 64.7 Å². The largest absolute Gasteiger partial charge is 0.444 e. The highest BCUT2D eigenvalue weighted by atomic mass is 16.6. The molecule has 0 atom stereocenters. The number of hydrogen-bond donors (Lipinski definition) is 1. The number of carbonyl (C=O) groups excluding carboxylic acids is 2. The van der Waals surface area contributed by atoms with Gasteiger partial charge in [-0.2, -0.15) is 0 Å². The first-order chi connectivity index (χ1) is 21.9. The van der Waals surface area contributed by atoms with Gasteiger partial charge in [-0.05, 0) is 88.8 Å². The molecule has 1 aliphatic heterocycles. The van der Waals surface area contributed by atoms with Gasteiger partial charge >= 0.3 is 11.8 Å². The molecule has 0 spiro atoms. The maximum atomic E-state index is 13.4. The summed E-state index contributed by atoms with van der Waals surface area (Å²) in [4.78, 5) is 67.1. The molecule has 4 aromatic rings. The standard InChI is InChI=1S/C33H35N7O6/c1-20-5-12-27(34-15-20)40-30(42)25(17-39(31(40)43)16-21-6-7-21)28(41)37-22-8-10-23(11-9-22)45-29-24-13-14-38(18-26(24)35-19-36-29)32(44)46-33(2,3)4/h5,8-12,15,17,19,21H,6-7,13-14,16,18H2,1-4H3,(H,37,41). The average molecular weight is 626 g/mol. The highest BCUT2D eigenvalue weighted by molar-refractivity contribution is 6.03. The van der Waals surface area contributed by atoms with Gasteiger partial charge in [0.1, 0.15) is 29.1 Å². The fraction of sp³-hybridized carbons (Fsp3) is 0.364. The molecule has 0 unspecified atom stereocenters. The molecule has 238 valence electrons. The lowest BCUT2D eigenvalue weighted by Gasteiger charge is -2.30. The number of aromatic nitrogens is 5. The van der Waals surface area contributed by atoms with Crippen LogP contribution in [-0.4, -0.2) is 53.1 Å². The van der Waals surface area contributed by atoms with Gasteiger partial charge in [0.15, 0.2) is 0 Å². The monoisotopic (exact) mass is 625 g/mol. The summed E-state index contributed by atoms with van der Waals surface area (Å²) >= 11 is 0. The number of amides is 2. The van der Waals surface area contributed by atoms with Crippen LogP contribution >= 0.6 is 0 Å². The van der Waals surface area contributed by atoms with Gasteiger partial charge in [-0.15, -0.1) is 0 Å². The summed E-state index contributed by atoms with van der Waals surface area (Å²) in [5.74, 6) is 0.699. The van der Waals surface area contributed by atoms with Crippen LogP contribution in [0.3, 0.4) is 0 Å². The molecule has 6 rings (SSSR count). The Morgan fingerprint density at radius 1 is 1.02 bits per heavy atom. The lowest BCUT2D eigenvalue weighted by molar-refractivity contribution is 0.0219. The van der Waals surface area contributed by atoms with Crippen LogP contribution in [0.2, 0.25) is 0 Å². The van der Waals surface area contributed by atoms with Crippen LogP contribution in [-0.2, 0) is 24.2 Å². The van der Waals surface area contributed by atoms with E-state index in [-0.39, 0.29) is 17.9 Å². The van der Waals surface area contributed by atoms with Gasteiger partial charge in [0.25, 0.3) is 11.5 Å². The number of rotatable bonds is 7. The van der Waals surface area contributed by atoms with Gasteiger partial charge in [-0.3, -0.25) is 14.2 Å². The maximum Gasteiger partial charge on any atom is 0.410 e. The van der Waals surface area contributed by atoms with Gasteiger partial charge in [0.2, 0.25) is 5.88 Å². The first kappa shape index (κ1) is 30.7. The number of nitrogens with zero attached hydrogens (tertiary/aromatic N) is 6. The minimum atomic E-state index is -0.746. The van der Waals surface area contributed by atoms with Gasteiger partial charge in [-0.1, -0.05) is 6.07 Å². The summed E-state index contributed by atoms with van der Waals surface area (Å²) < 4.78 is 13.9. The Labute approximate surface area is 264 Å². The van der Waals surface area contributed by atoms with E-state index < -0.39 is 28.9 Å². The molecular formula is C33H35N7O6. The molecule has 1 aliphatic carbocycles. The Hall–Kier alpha value is -5.33. The van der Waals surface area contributed by atoms with E-state index in [1.807, 2.05) is 27.7 Å². The van der Waals surface area contributed by atoms with Crippen molar-refractivity contribution in [3.8, 4) is 17.4 Å². The third kappa shape index (κ3) is 6.82. The normalized spacial score (nSPS) is 14.4. The molecule has 0 bridgehead atoms. The van der Waals surface area contributed by atoms with Crippen molar-refractivity contribution in [3.63, 3.8) is 0 Å². The summed E-state index contributed by atoms with van der Waals surface area (Å²) in [5, 5.41) is 2.76. The summed E-state index contributed by atoms with van der Waals surface area (Å²) in [7, 11) is 0. The maximum absolute atomic E-state index is 13.4. The molecule has 0 radical (unpaired) electrons. The fourth-order valence-corrected chi connectivity index (χ4v) is 5.07. The Bertz CT molecular complexity index is 1910. The molecule has 13 heteroatoms. The van der Waals surface area contributed by atoms with Crippen molar-refractivity contribution in [1.82, 2.24) is 29.0 Å². The van der Waals surface area contributed by atoms with Gasteiger partial charge in [0, 0.05) is 36.7 Å². The number of ether oxygens (including phenoxy) is 2. The molecule has 1 fully saturated rings. The van der Waals surface area contributed by atoms with Crippen LogP contribution in [0.5, 0.6) is 11.6 Å². The molecule has 3 aromatic heterocycles. The summed E-state index contributed by atoms with van der Waals surface area (Å²) in [6, 6.07) is 9.97. The van der Waals surface area contributed by atoms with Crippen LogP contribution in [0.25, 0.3) is 5.82 Å². The predicted octanol–water partition coefficient (Wildman–Crippen LogP) is 4.24. The highest BCUT2D eigenvalue weighted by Crippen LogP contribution is 2.31. The third-order valence-electron chi connectivity index (χ3n) is 7.62. The zero-order valence-electron chi connectivity index (χ0n) is 26.1. The summed E-state index contributed by atoms with van der Waals surface area (Å²) in [5.41, 5.74) is 0.744. The highest BCUT2D eigenvalue weighted by Gasteiger charge is 2.29. The molecular weight excluding hydrogens is 590 g/mol. The summed E-state index contributed by atoms with van der Waals surface area (Å²) in [6.07, 6.45) is 6.38. The smallest absolute Gasteiger partial charge is 0.410 e. The van der Waals surface area contributed by atoms with Crippen molar-refractivity contribution in [1.29, 1.82) is 0 Å². The Kier molecular flexibility index (Phi) is 8.15. The second-order valence-electron chi connectivity index (χ2n) is 12.6. The van der Waals surface area contributed by atoms with E-state index in [0.717, 1.165) is 28.5 Å². The van der Waals surface area contributed by atoms with E-state index in [1.54, 1.807) is 47.5 Å². The first-order valence-corrected chi connectivity index (χ1v) is 15.1. The fourth-order valence-electron chi connectivity index (χ4n) is 5.07. The first-order valence-electron chi connectivity index (χ1n) is 15.1. The van der Waals surface area contributed by atoms with Crippen molar-refractivity contribution < 1.29 is 19.1 Å². The van der Waals surface area contributed by atoms with E-state index in [2.05, 4.69) is 20.3 Å². The van der Waals surface area contributed by atoms with Crippen molar-refractivity contribution in [2.24, 2.45) is 5.92 Å². The summed E-state index contributed by atoms with van der Waals surface area (Å²) in [6.45, 7) is 8.46. The second-order valence-corrected chi connectivity index (χ2v) is 12.6. The minimum Gasteiger partial charge on any atom is -0.444 e. The average Bonchev–Trinajstić information content (AvgIpc) is 3.84. The van der Waals surface area contributed by atoms with Crippen LogP contribution in [0.4, 0.5) is 10.5 Å². The van der Waals surface area contributed by atoms with Crippen LogP contribution in [0, 0.1) is 12.8 Å². The SMILES string of the molecule is Cc1ccc(-n2c(=O)c(C(=O)Nc3ccc(Oc4ncnc5c4CCN(C(=O)OC(C)(C)C)C5)cc3)cn(CC3CC3)c2=O)nc1. The minimum absolute atomic E-state index is 0.158. The molecule has 1 aromatic carbocycles. The van der Waals surface area contributed by atoms with Crippen LogP contribution < -0.4 is 21.3 Å². The molecule has 0 saturated heterocycles. The van der Waals surface area contributed by atoms with Crippen molar-refractivity contribution in [2.45, 2.75) is 65.6 Å². The van der Waals surface area contributed by atoms with E-state index in [1.165, 1.54) is 17.1 Å². The second kappa shape index (κ2) is 12.2. The molecule has 1 N–H and O–H groups in total. The quantitative estimate of drug-likeness (QED) is 0.318. The predicted molar refractivity (Wildman–Crippen MR) is 168 cm³/mol. The zero-order chi connectivity index (χ0) is 32.6. The van der Waals surface area contributed by atoms with E-state index in [4.69, 9.17) is 9.47 Å². The third-order valence-corrected chi connectivity index (χ3v) is 7.62. The van der Waals surface area contributed by atoms with Crippen molar-refractivity contribution in [2.75, 3.05) is 11.9 Å². The van der Waals surface area contributed by atoms with Crippen molar-refractivity contribution in [3.05, 3.63) is 98.3 Å². The topological polar surface area (TPSA) is 151 Å². The van der Waals surface area contributed by atoms with E-state index >= 15 is 0 Å². The Balaban J connectivity index is 1.18. The number of pyridine rings is 1. The lowest BCUT2D eigenvalue weighted by Crippen LogP contribution is -2.42. The molecule has 46 heavy (non-hydrogen) atoms. The zero-order valence-corrected chi connectivity index (χ0v) is 26.1. The number of fused-ring (bicyclic) bond motifs is 1. The van der Waals surface area contributed by atoms with E-state index in [0.29, 0.717) is 48.4 Å². The molecule has 2 aliphatic rings. The molecule has 2 amide bonds. The number of nitrogens with one attached hydrogen (secondary N) is 1. The molecule has 4 heterocycles. The number of anilines is 1. The Morgan fingerprint density at radius 3 is 2.46 bits per heavy atom.